The van der Waals surface area contributed by atoms with Crippen molar-refractivity contribution in [2.45, 2.75) is 25.7 Å². The lowest BCUT2D eigenvalue weighted by Crippen LogP contribution is -2.15. The summed E-state index contributed by atoms with van der Waals surface area (Å²) in [6.45, 7) is 5.09. The van der Waals surface area contributed by atoms with Crippen LogP contribution in [0.15, 0.2) is 23.1 Å². The number of nitro benzene ring substituents is 1. The second-order valence-corrected chi connectivity index (χ2v) is 6.35. The number of sulfonamides is 1. The lowest BCUT2D eigenvalue weighted by atomic mass is 10.1. The molecule has 1 aromatic heterocycles. The van der Waals surface area contributed by atoms with Crippen LogP contribution < -0.4 is 4.72 Å². The number of nitro groups is 1. The number of benzene rings is 1. The number of hydrogen-bond acceptors (Lipinski definition) is 5. The zero-order valence-electron chi connectivity index (χ0n) is 11.7. The van der Waals surface area contributed by atoms with Crippen LogP contribution in [0.25, 0.3) is 0 Å². The van der Waals surface area contributed by atoms with Crippen molar-refractivity contribution in [3.63, 3.8) is 0 Å². The van der Waals surface area contributed by atoms with Crippen molar-refractivity contribution < 1.29 is 13.3 Å². The third kappa shape index (κ3) is 3.02. The summed E-state index contributed by atoms with van der Waals surface area (Å²) in [5.74, 6) is 0.0834. The highest BCUT2D eigenvalue weighted by atomic mass is 32.2. The van der Waals surface area contributed by atoms with E-state index in [0.29, 0.717) is 16.8 Å². The number of aromatic amines is 1. The van der Waals surface area contributed by atoms with Crippen molar-refractivity contribution in [2.24, 2.45) is 0 Å². The Hall–Kier alpha value is -2.42. The zero-order chi connectivity index (χ0) is 15.8. The number of aryl methyl sites for hydroxylation is 3. The minimum Gasteiger partial charge on any atom is -0.281 e. The first kappa shape index (κ1) is 15.0. The van der Waals surface area contributed by atoms with Gasteiger partial charge in [0.1, 0.15) is 0 Å². The van der Waals surface area contributed by atoms with E-state index in [4.69, 9.17) is 0 Å². The molecular formula is C12H14N4O4S. The predicted molar refractivity (Wildman–Crippen MR) is 76.7 cm³/mol. The lowest BCUT2D eigenvalue weighted by Gasteiger charge is -2.08. The average molecular weight is 310 g/mol. The van der Waals surface area contributed by atoms with Gasteiger partial charge in [-0.15, -0.1) is 0 Å². The summed E-state index contributed by atoms with van der Waals surface area (Å²) >= 11 is 0. The summed E-state index contributed by atoms with van der Waals surface area (Å²) in [7, 11) is -4.09. The fourth-order valence-corrected chi connectivity index (χ4v) is 3.03. The average Bonchev–Trinajstić information content (AvgIpc) is 2.76. The first-order valence-corrected chi connectivity index (χ1v) is 7.49. The molecule has 1 aromatic carbocycles. The van der Waals surface area contributed by atoms with Gasteiger partial charge in [-0.25, -0.2) is 8.42 Å². The van der Waals surface area contributed by atoms with Gasteiger partial charge in [0, 0.05) is 17.8 Å². The van der Waals surface area contributed by atoms with Crippen LogP contribution in [0.3, 0.4) is 0 Å². The van der Waals surface area contributed by atoms with Crippen molar-refractivity contribution in [1.82, 2.24) is 10.2 Å². The van der Waals surface area contributed by atoms with Crippen LogP contribution in [0.4, 0.5) is 11.5 Å². The Kier molecular flexibility index (Phi) is 3.69. The molecule has 21 heavy (non-hydrogen) atoms. The summed E-state index contributed by atoms with van der Waals surface area (Å²) in [5, 5.41) is 17.4. The Balaban J connectivity index is 2.53. The number of nitrogens with one attached hydrogen (secondary N) is 2. The molecule has 0 bridgehead atoms. The van der Waals surface area contributed by atoms with Crippen LogP contribution >= 0.6 is 0 Å². The Labute approximate surface area is 121 Å². The molecule has 0 atom stereocenters. The van der Waals surface area contributed by atoms with E-state index in [-0.39, 0.29) is 10.7 Å². The number of hydrogen-bond donors (Lipinski definition) is 2. The molecule has 2 aromatic rings. The zero-order valence-corrected chi connectivity index (χ0v) is 12.5. The molecule has 0 saturated heterocycles. The van der Waals surface area contributed by atoms with Gasteiger partial charge in [0.05, 0.1) is 4.92 Å². The molecule has 112 valence electrons. The van der Waals surface area contributed by atoms with Gasteiger partial charge in [0.15, 0.2) is 10.7 Å². The minimum atomic E-state index is -4.09. The standard InChI is InChI=1S/C12H14N4O4S/c1-7-4-10(16(17)18)11(5-8(7)2)21(19,20)15-12-6-9(3)13-14-12/h4-6H,1-3H3,(H2,13,14,15). The predicted octanol–water partition coefficient (Wildman–Crippen LogP) is 2.04. The van der Waals surface area contributed by atoms with Gasteiger partial charge >= 0.3 is 0 Å². The quantitative estimate of drug-likeness (QED) is 0.661. The Morgan fingerprint density at radius 3 is 2.33 bits per heavy atom. The van der Waals surface area contributed by atoms with E-state index < -0.39 is 20.6 Å². The molecule has 0 aliphatic heterocycles. The highest BCUT2D eigenvalue weighted by molar-refractivity contribution is 7.92. The van der Waals surface area contributed by atoms with Gasteiger partial charge in [-0.3, -0.25) is 19.9 Å². The first-order chi connectivity index (χ1) is 9.70. The second-order valence-electron chi connectivity index (χ2n) is 4.70. The fourth-order valence-electron chi connectivity index (χ4n) is 1.80. The van der Waals surface area contributed by atoms with E-state index in [1.54, 1.807) is 20.8 Å². The SMILES string of the molecule is Cc1cc(NS(=O)(=O)c2cc(C)c(C)cc2[N+](=O)[O-])n[nH]1. The van der Waals surface area contributed by atoms with Crippen molar-refractivity contribution in [3.05, 3.63) is 45.1 Å². The van der Waals surface area contributed by atoms with E-state index in [0.717, 1.165) is 0 Å². The number of nitrogens with zero attached hydrogens (tertiary/aromatic N) is 2. The Morgan fingerprint density at radius 1 is 1.19 bits per heavy atom. The summed E-state index contributed by atoms with van der Waals surface area (Å²) in [4.78, 5) is 9.99. The molecule has 9 heteroatoms. The first-order valence-electron chi connectivity index (χ1n) is 6.01. The molecule has 2 rings (SSSR count). The maximum Gasteiger partial charge on any atom is 0.290 e. The van der Waals surface area contributed by atoms with Crippen LogP contribution in [0.2, 0.25) is 0 Å². The van der Waals surface area contributed by atoms with Gasteiger partial charge in [-0.1, -0.05) is 0 Å². The summed E-state index contributed by atoms with van der Waals surface area (Å²) in [5.41, 5.74) is 1.51. The summed E-state index contributed by atoms with van der Waals surface area (Å²) in [6.07, 6.45) is 0. The molecule has 0 fully saturated rings. The van der Waals surface area contributed by atoms with Crippen LogP contribution in [0, 0.1) is 30.9 Å². The molecule has 0 radical (unpaired) electrons. The monoisotopic (exact) mass is 310 g/mol. The van der Waals surface area contributed by atoms with Crippen LogP contribution in [0.5, 0.6) is 0 Å². The van der Waals surface area contributed by atoms with Crippen molar-refractivity contribution in [3.8, 4) is 0 Å². The minimum absolute atomic E-state index is 0.0834. The van der Waals surface area contributed by atoms with Crippen molar-refractivity contribution in [2.75, 3.05) is 4.72 Å². The van der Waals surface area contributed by atoms with Gasteiger partial charge in [-0.2, -0.15) is 5.10 Å². The largest absolute Gasteiger partial charge is 0.290 e. The molecule has 8 nitrogen and oxygen atoms in total. The maximum atomic E-state index is 12.3. The number of aromatic nitrogens is 2. The number of anilines is 1. The van der Waals surface area contributed by atoms with Crippen LogP contribution in [0.1, 0.15) is 16.8 Å². The highest BCUT2D eigenvalue weighted by Gasteiger charge is 2.27. The van der Waals surface area contributed by atoms with E-state index in [1.165, 1.54) is 18.2 Å². The Morgan fingerprint density at radius 2 is 1.81 bits per heavy atom. The molecule has 0 aliphatic rings. The van der Waals surface area contributed by atoms with Crippen molar-refractivity contribution >= 4 is 21.5 Å². The molecule has 2 N–H and O–H groups in total. The third-order valence-corrected chi connectivity index (χ3v) is 4.39. The van der Waals surface area contributed by atoms with Gasteiger partial charge in [-0.05, 0) is 38.0 Å². The molecule has 0 amide bonds. The van der Waals surface area contributed by atoms with E-state index in [9.17, 15) is 18.5 Å². The molecule has 0 unspecified atom stereocenters. The smallest absolute Gasteiger partial charge is 0.281 e. The van der Waals surface area contributed by atoms with E-state index in [2.05, 4.69) is 14.9 Å². The van der Waals surface area contributed by atoms with Gasteiger partial charge in [0.2, 0.25) is 0 Å². The Bertz CT molecular complexity index is 811. The lowest BCUT2D eigenvalue weighted by molar-refractivity contribution is -0.387. The van der Waals surface area contributed by atoms with Crippen molar-refractivity contribution in [1.29, 1.82) is 0 Å². The van der Waals surface area contributed by atoms with Gasteiger partial charge in [0.25, 0.3) is 15.7 Å². The van der Waals surface area contributed by atoms with Gasteiger partial charge < -0.3 is 0 Å². The molecule has 0 spiro atoms. The fraction of sp³-hybridized carbons (Fsp3) is 0.250. The highest BCUT2D eigenvalue weighted by Crippen LogP contribution is 2.28. The van der Waals surface area contributed by atoms with Crippen LogP contribution in [-0.4, -0.2) is 23.5 Å². The molecule has 1 heterocycles. The number of H-pyrrole nitrogens is 1. The molecule has 0 saturated carbocycles. The molecule has 0 aliphatic carbocycles. The summed E-state index contributed by atoms with van der Waals surface area (Å²) < 4.78 is 26.9. The van der Waals surface area contributed by atoms with E-state index in [1.807, 2.05) is 0 Å². The van der Waals surface area contributed by atoms with E-state index >= 15 is 0 Å². The summed E-state index contributed by atoms with van der Waals surface area (Å²) in [6, 6.07) is 4.03. The number of rotatable bonds is 4. The van der Waals surface area contributed by atoms with Crippen LogP contribution in [-0.2, 0) is 10.0 Å². The second kappa shape index (κ2) is 5.17. The third-order valence-electron chi connectivity index (χ3n) is 3.01. The topological polar surface area (TPSA) is 118 Å². The molecular weight excluding hydrogens is 296 g/mol. The maximum absolute atomic E-state index is 12.3. The normalized spacial score (nSPS) is 11.4.